The normalized spacial score (nSPS) is 9.95. The van der Waals surface area contributed by atoms with Crippen LogP contribution in [0.3, 0.4) is 0 Å². The van der Waals surface area contributed by atoms with Crippen LogP contribution in [-0.4, -0.2) is 21.6 Å². The highest BCUT2D eigenvalue weighted by atomic mass is 16.3. The Bertz CT molecular complexity index is 634. The molecule has 2 rings (SSSR count). The molecule has 0 bridgehead atoms. The maximum Gasteiger partial charge on any atom is 0.231 e. The van der Waals surface area contributed by atoms with Gasteiger partial charge in [-0.2, -0.15) is 5.26 Å². The van der Waals surface area contributed by atoms with Crippen molar-refractivity contribution in [1.82, 2.24) is 9.97 Å². The Kier molecular flexibility index (Phi) is 3.62. The molecule has 1 heterocycles. The lowest BCUT2D eigenvalue weighted by Gasteiger charge is -2.21. The quantitative estimate of drug-likeness (QED) is 0.911. The van der Waals surface area contributed by atoms with Gasteiger partial charge in [-0.1, -0.05) is 6.07 Å². The van der Waals surface area contributed by atoms with Gasteiger partial charge in [-0.15, -0.1) is 0 Å². The molecular weight excluding hydrogens is 240 g/mol. The number of nitriles is 1. The molecule has 0 unspecified atom stereocenters. The molecule has 0 fully saturated rings. The summed E-state index contributed by atoms with van der Waals surface area (Å²) in [6.07, 6.45) is 0. The predicted octanol–water partition coefficient (Wildman–Crippen LogP) is 2.52. The first-order valence-corrected chi connectivity index (χ1v) is 5.96. The lowest BCUT2D eigenvalue weighted by atomic mass is 10.2. The van der Waals surface area contributed by atoms with Gasteiger partial charge in [0.25, 0.3) is 0 Å². The van der Waals surface area contributed by atoms with E-state index in [-0.39, 0.29) is 5.75 Å². The summed E-state index contributed by atoms with van der Waals surface area (Å²) in [7, 11) is 0. The van der Waals surface area contributed by atoms with Crippen LogP contribution >= 0.6 is 0 Å². The van der Waals surface area contributed by atoms with Crippen LogP contribution in [-0.2, 0) is 0 Å². The van der Waals surface area contributed by atoms with E-state index in [9.17, 15) is 5.11 Å². The zero-order chi connectivity index (χ0) is 13.8. The van der Waals surface area contributed by atoms with Crippen LogP contribution in [0.1, 0.15) is 18.3 Å². The van der Waals surface area contributed by atoms with Gasteiger partial charge in [-0.05, 0) is 32.0 Å². The minimum Gasteiger partial charge on any atom is -0.508 e. The van der Waals surface area contributed by atoms with Crippen LogP contribution in [0.25, 0.3) is 0 Å². The average molecular weight is 254 g/mol. The fourth-order valence-electron chi connectivity index (χ4n) is 1.83. The number of rotatable bonds is 3. The zero-order valence-electron chi connectivity index (χ0n) is 10.8. The second-order valence-electron chi connectivity index (χ2n) is 4.07. The van der Waals surface area contributed by atoms with Gasteiger partial charge in [0, 0.05) is 24.0 Å². The molecule has 5 nitrogen and oxygen atoms in total. The van der Waals surface area contributed by atoms with Crippen LogP contribution in [0.15, 0.2) is 30.3 Å². The van der Waals surface area contributed by atoms with Gasteiger partial charge in [0.2, 0.25) is 5.95 Å². The summed E-state index contributed by atoms with van der Waals surface area (Å²) in [5.41, 5.74) is 1.86. The Morgan fingerprint density at radius 3 is 2.74 bits per heavy atom. The van der Waals surface area contributed by atoms with Gasteiger partial charge in [0.15, 0.2) is 0 Å². The van der Waals surface area contributed by atoms with Crippen molar-refractivity contribution < 1.29 is 5.11 Å². The third-order valence-electron chi connectivity index (χ3n) is 2.66. The average Bonchev–Trinajstić information content (AvgIpc) is 2.39. The van der Waals surface area contributed by atoms with E-state index < -0.39 is 0 Å². The van der Waals surface area contributed by atoms with E-state index in [0.29, 0.717) is 18.2 Å². The first-order chi connectivity index (χ1) is 9.13. The van der Waals surface area contributed by atoms with Crippen LogP contribution in [0.4, 0.5) is 11.6 Å². The third kappa shape index (κ3) is 2.80. The van der Waals surface area contributed by atoms with Crippen LogP contribution in [0, 0.1) is 18.3 Å². The van der Waals surface area contributed by atoms with E-state index in [4.69, 9.17) is 5.26 Å². The Labute approximate surface area is 111 Å². The van der Waals surface area contributed by atoms with Gasteiger partial charge in [-0.25, -0.2) is 9.97 Å². The van der Waals surface area contributed by atoms with Crippen LogP contribution < -0.4 is 4.90 Å². The monoisotopic (exact) mass is 254 g/mol. The summed E-state index contributed by atoms with van der Waals surface area (Å²) in [5.74, 6) is 0.647. The smallest absolute Gasteiger partial charge is 0.231 e. The number of aromatic nitrogens is 2. The number of anilines is 2. The number of phenolic OH excluding ortho intramolecular Hbond substituents is 1. The highest BCUT2D eigenvalue weighted by Gasteiger charge is 2.12. The molecule has 0 saturated carbocycles. The Morgan fingerprint density at radius 2 is 2.11 bits per heavy atom. The Balaban J connectivity index is 2.48. The van der Waals surface area contributed by atoms with Gasteiger partial charge < -0.3 is 10.0 Å². The standard InChI is InChI=1S/C14H14N4O/c1-3-18(12-5-4-6-13(19)8-12)14-16-10(2)7-11(9-15)17-14/h4-8,19H,3H2,1-2H3. The number of nitrogens with zero attached hydrogens (tertiary/aromatic N) is 4. The maximum atomic E-state index is 9.54. The molecule has 0 aliphatic rings. The molecule has 0 radical (unpaired) electrons. The Hall–Kier alpha value is -2.61. The number of benzene rings is 1. The van der Waals surface area contributed by atoms with E-state index >= 15 is 0 Å². The largest absolute Gasteiger partial charge is 0.508 e. The van der Waals surface area contributed by atoms with E-state index in [2.05, 4.69) is 9.97 Å². The summed E-state index contributed by atoms with van der Waals surface area (Å²) in [4.78, 5) is 10.4. The van der Waals surface area contributed by atoms with Crippen molar-refractivity contribution in [1.29, 1.82) is 5.26 Å². The number of aromatic hydroxyl groups is 1. The van der Waals surface area contributed by atoms with Crippen molar-refractivity contribution >= 4 is 11.6 Å². The van der Waals surface area contributed by atoms with Gasteiger partial charge in [0.1, 0.15) is 17.5 Å². The molecular formula is C14H14N4O. The first kappa shape index (κ1) is 12.8. The van der Waals surface area contributed by atoms with Crippen molar-refractivity contribution in [3.8, 4) is 11.8 Å². The molecule has 1 aromatic heterocycles. The SMILES string of the molecule is CCN(c1cccc(O)c1)c1nc(C)cc(C#N)n1. The van der Waals surface area contributed by atoms with E-state index in [1.165, 1.54) is 0 Å². The summed E-state index contributed by atoms with van der Waals surface area (Å²) >= 11 is 0. The highest BCUT2D eigenvalue weighted by Crippen LogP contribution is 2.25. The van der Waals surface area contributed by atoms with Crippen molar-refractivity contribution in [2.24, 2.45) is 0 Å². The molecule has 0 aliphatic carbocycles. The third-order valence-corrected chi connectivity index (χ3v) is 2.66. The van der Waals surface area contributed by atoms with Gasteiger partial charge in [0.05, 0.1) is 0 Å². The van der Waals surface area contributed by atoms with E-state index in [1.54, 1.807) is 24.3 Å². The molecule has 0 aliphatic heterocycles. The van der Waals surface area contributed by atoms with Crippen LogP contribution in [0.5, 0.6) is 5.75 Å². The number of aryl methyl sites for hydroxylation is 1. The van der Waals surface area contributed by atoms with Crippen molar-refractivity contribution in [3.63, 3.8) is 0 Å². The lowest BCUT2D eigenvalue weighted by molar-refractivity contribution is 0.475. The van der Waals surface area contributed by atoms with Crippen LogP contribution in [0.2, 0.25) is 0 Å². The summed E-state index contributed by atoms with van der Waals surface area (Å²) < 4.78 is 0. The molecule has 0 saturated heterocycles. The topological polar surface area (TPSA) is 73.0 Å². The maximum absolute atomic E-state index is 9.54. The first-order valence-electron chi connectivity index (χ1n) is 5.96. The molecule has 0 atom stereocenters. The fraction of sp³-hybridized carbons (Fsp3) is 0.214. The van der Waals surface area contributed by atoms with Crippen molar-refractivity contribution in [2.75, 3.05) is 11.4 Å². The van der Waals surface area contributed by atoms with Gasteiger partial charge >= 0.3 is 0 Å². The number of hydrogen-bond acceptors (Lipinski definition) is 5. The minimum atomic E-state index is 0.184. The second-order valence-corrected chi connectivity index (χ2v) is 4.07. The predicted molar refractivity (Wildman–Crippen MR) is 72.3 cm³/mol. The molecule has 0 spiro atoms. The lowest BCUT2D eigenvalue weighted by Crippen LogP contribution is -2.19. The Morgan fingerprint density at radius 1 is 1.32 bits per heavy atom. The van der Waals surface area contributed by atoms with Gasteiger partial charge in [-0.3, -0.25) is 0 Å². The fourth-order valence-corrected chi connectivity index (χ4v) is 1.83. The minimum absolute atomic E-state index is 0.184. The molecule has 1 N–H and O–H groups in total. The van der Waals surface area contributed by atoms with Crippen molar-refractivity contribution in [3.05, 3.63) is 41.7 Å². The summed E-state index contributed by atoms with van der Waals surface area (Å²) in [6, 6.07) is 10.5. The molecule has 96 valence electrons. The zero-order valence-corrected chi connectivity index (χ0v) is 10.8. The molecule has 0 amide bonds. The molecule has 1 aromatic carbocycles. The molecule has 2 aromatic rings. The molecule has 5 heteroatoms. The number of phenols is 1. The highest BCUT2D eigenvalue weighted by molar-refractivity contribution is 5.59. The second kappa shape index (κ2) is 5.36. The van der Waals surface area contributed by atoms with Crippen molar-refractivity contribution in [2.45, 2.75) is 13.8 Å². The van der Waals surface area contributed by atoms with E-state index in [0.717, 1.165) is 11.4 Å². The summed E-state index contributed by atoms with van der Waals surface area (Å²) in [6.45, 7) is 4.42. The van der Waals surface area contributed by atoms with E-state index in [1.807, 2.05) is 30.9 Å². The number of hydrogen-bond donors (Lipinski definition) is 1. The molecule has 19 heavy (non-hydrogen) atoms. The summed E-state index contributed by atoms with van der Waals surface area (Å²) in [5, 5.41) is 18.5.